The number of ether oxygens (including phenoxy) is 2. The molecule has 2 N–H and O–H groups in total. The molecule has 5 fully saturated rings. The zero-order valence-corrected chi connectivity index (χ0v) is 32.8. The van der Waals surface area contributed by atoms with Crippen molar-refractivity contribution in [1.82, 2.24) is 35.3 Å². The highest BCUT2D eigenvalue weighted by Gasteiger charge is 2.45. The molecular formula is C43H49N9O6. The Hall–Kier alpha value is -5.41. The summed E-state index contributed by atoms with van der Waals surface area (Å²) in [5.74, 6) is 0.487. The van der Waals surface area contributed by atoms with Crippen molar-refractivity contribution in [2.24, 2.45) is 5.92 Å². The Kier molecular flexibility index (Phi) is 9.39. The number of aromatic nitrogens is 4. The van der Waals surface area contributed by atoms with Crippen LogP contribution in [0.5, 0.6) is 5.75 Å². The third kappa shape index (κ3) is 7.18. The first kappa shape index (κ1) is 36.9. The van der Waals surface area contributed by atoms with Crippen molar-refractivity contribution in [2.45, 2.75) is 88.6 Å². The first-order chi connectivity index (χ1) is 28.2. The number of hydrogen-bond acceptors (Lipinski definition) is 12. The van der Waals surface area contributed by atoms with Crippen molar-refractivity contribution < 1.29 is 28.7 Å². The minimum Gasteiger partial charge on any atom is -0.488 e. The molecule has 2 aromatic heterocycles. The van der Waals surface area contributed by atoms with Crippen LogP contribution in [0.15, 0.2) is 48.8 Å². The first-order valence-corrected chi connectivity index (χ1v) is 20.9. The largest absolute Gasteiger partial charge is 0.488 e. The molecule has 7 heterocycles. The van der Waals surface area contributed by atoms with Gasteiger partial charge in [-0.05, 0) is 101 Å². The van der Waals surface area contributed by atoms with Crippen molar-refractivity contribution in [3.63, 3.8) is 0 Å². The van der Waals surface area contributed by atoms with E-state index in [1.165, 1.54) is 0 Å². The maximum absolute atomic E-state index is 13.3. The van der Waals surface area contributed by atoms with Crippen LogP contribution in [-0.4, -0.2) is 123 Å². The number of aromatic amines is 1. The number of carbonyl (C=O) groups is 4. The third-order valence-corrected chi connectivity index (χ3v) is 13.0. The van der Waals surface area contributed by atoms with E-state index in [-0.39, 0.29) is 36.6 Å². The Morgan fingerprint density at radius 3 is 2.38 bits per heavy atom. The quantitative estimate of drug-likeness (QED) is 0.219. The van der Waals surface area contributed by atoms with Gasteiger partial charge in [-0.1, -0.05) is 0 Å². The van der Waals surface area contributed by atoms with Gasteiger partial charge in [0.05, 0.1) is 34.5 Å². The Morgan fingerprint density at radius 2 is 1.59 bits per heavy atom. The molecule has 15 nitrogen and oxygen atoms in total. The number of piperidine rings is 3. The second-order valence-corrected chi connectivity index (χ2v) is 17.2. The lowest BCUT2D eigenvalue weighted by Gasteiger charge is -2.35. The maximum atomic E-state index is 13.3. The van der Waals surface area contributed by atoms with E-state index < -0.39 is 23.8 Å². The maximum Gasteiger partial charge on any atom is 0.262 e. The summed E-state index contributed by atoms with van der Waals surface area (Å²) in [6.07, 6.45) is 9.52. The van der Waals surface area contributed by atoms with Gasteiger partial charge in [0.2, 0.25) is 11.8 Å². The lowest BCUT2D eigenvalue weighted by atomic mass is 9.96. The van der Waals surface area contributed by atoms with Crippen LogP contribution in [0, 0.1) is 5.92 Å². The highest BCUT2D eigenvalue weighted by molar-refractivity contribution is 6.23. The van der Waals surface area contributed by atoms with Gasteiger partial charge in [0.15, 0.2) is 0 Å². The van der Waals surface area contributed by atoms with Crippen LogP contribution in [0.25, 0.3) is 22.3 Å². The van der Waals surface area contributed by atoms with Crippen LogP contribution in [0.2, 0.25) is 0 Å². The van der Waals surface area contributed by atoms with Gasteiger partial charge in [0.25, 0.3) is 11.8 Å². The number of carbonyl (C=O) groups excluding carboxylic acids is 4. The number of rotatable bonds is 10. The molecular weight excluding hydrogens is 739 g/mol. The predicted molar refractivity (Wildman–Crippen MR) is 215 cm³/mol. The highest BCUT2D eigenvalue weighted by Crippen LogP contribution is 2.41. The Morgan fingerprint density at radius 1 is 0.810 bits per heavy atom. The van der Waals surface area contributed by atoms with E-state index in [0.717, 1.165) is 135 Å². The van der Waals surface area contributed by atoms with E-state index >= 15 is 0 Å². The van der Waals surface area contributed by atoms with E-state index in [4.69, 9.17) is 9.47 Å². The molecule has 4 saturated heterocycles. The monoisotopic (exact) mass is 787 g/mol. The number of benzene rings is 2. The van der Waals surface area contributed by atoms with Crippen LogP contribution >= 0.6 is 0 Å². The second-order valence-electron chi connectivity index (χ2n) is 17.2. The standard InChI is InChI=1S/C43H49N9O6/c1-43(13-14-43)58-29-3-5-34-33(21-29)39(48-47-34)35-22-37(45-25-44-35)51-16-8-26(9-17-51)23-49-15-10-30(24-49)57-28-11-18-50(19-12-28)27-2-4-31-32(20-27)42(56)52(41(31)55)36-6-7-38(53)46-40(36)54/h2-5,20-22,25-26,28,30,36H,6-19,23-24H2,1H3,(H,47,48)(H,46,53,54)/t30-,36?/m0/s1. The number of fused-ring (bicyclic) bond motifs is 2. The summed E-state index contributed by atoms with van der Waals surface area (Å²) in [6.45, 7) is 8.75. The summed E-state index contributed by atoms with van der Waals surface area (Å²) in [7, 11) is 0. The van der Waals surface area contributed by atoms with Gasteiger partial charge >= 0.3 is 0 Å². The summed E-state index contributed by atoms with van der Waals surface area (Å²) >= 11 is 0. The molecule has 0 radical (unpaired) electrons. The molecule has 1 unspecified atom stereocenters. The van der Waals surface area contributed by atoms with Crippen LogP contribution in [0.4, 0.5) is 11.5 Å². The van der Waals surface area contributed by atoms with Crippen molar-refractivity contribution >= 4 is 46.0 Å². The summed E-state index contributed by atoms with van der Waals surface area (Å²) in [5.41, 5.74) is 4.03. The van der Waals surface area contributed by atoms with E-state index in [1.807, 2.05) is 18.2 Å². The minimum absolute atomic E-state index is 0.0483. The van der Waals surface area contributed by atoms with Crippen LogP contribution in [0.3, 0.4) is 0 Å². The minimum atomic E-state index is -0.966. The molecule has 5 aliphatic heterocycles. The van der Waals surface area contributed by atoms with E-state index in [2.05, 4.69) is 59.2 Å². The molecule has 15 heteroatoms. The molecule has 4 aromatic rings. The summed E-state index contributed by atoms with van der Waals surface area (Å²) in [4.78, 5) is 68.0. The van der Waals surface area contributed by atoms with E-state index in [0.29, 0.717) is 17.0 Å². The van der Waals surface area contributed by atoms with E-state index in [9.17, 15) is 19.2 Å². The third-order valence-electron chi connectivity index (χ3n) is 13.0. The molecule has 2 atom stereocenters. The number of H-pyrrole nitrogens is 1. The Bertz CT molecular complexity index is 2270. The van der Waals surface area contributed by atoms with Gasteiger partial charge in [-0.3, -0.25) is 34.5 Å². The Labute approximate surface area is 336 Å². The van der Waals surface area contributed by atoms with Gasteiger partial charge in [-0.15, -0.1) is 0 Å². The van der Waals surface area contributed by atoms with Crippen LogP contribution in [-0.2, 0) is 14.3 Å². The summed E-state index contributed by atoms with van der Waals surface area (Å²) < 4.78 is 12.9. The molecule has 2 aromatic carbocycles. The summed E-state index contributed by atoms with van der Waals surface area (Å²) in [5, 5.41) is 11.0. The van der Waals surface area contributed by atoms with Crippen molar-refractivity contribution in [2.75, 3.05) is 55.6 Å². The zero-order chi connectivity index (χ0) is 39.5. The molecule has 6 aliphatic rings. The molecule has 0 spiro atoms. The number of anilines is 2. The topological polar surface area (TPSA) is 166 Å². The summed E-state index contributed by atoms with van der Waals surface area (Å²) in [6, 6.07) is 12.5. The van der Waals surface area contributed by atoms with Gasteiger partial charge in [0, 0.05) is 69.4 Å². The molecule has 0 bridgehead atoms. The fraction of sp³-hybridized carbons (Fsp3) is 0.512. The smallest absolute Gasteiger partial charge is 0.262 e. The van der Waals surface area contributed by atoms with Gasteiger partial charge in [0.1, 0.15) is 35.2 Å². The van der Waals surface area contributed by atoms with Gasteiger partial charge < -0.3 is 24.2 Å². The number of nitrogens with one attached hydrogen (secondary N) is 2. The van der Waals surface area contributed by atoms with Crippen molar-refractivity contribution in [3.05, 3.63) is 59.9 Å². The average molecular weight is 788 g/mol. The number of nitrogens with zero attached hydrogens (tertiary/aromatic N) is 7. The van der Waals surface area contributed by atoms with Gasteiger partial charge in [-0.25, -0.2) is 9.97 Å². The van der Waals surface area contributed by atoms with Crippen LogP contribution < -0.4 is 19.9 Å². The van der Waals surface area contributed by atoms with Crippen LogP contribution in [0.1, 0.15) is 85.4 Å². The second kappa shape index (κ2) is 14.8. The first-order valence-electron chi connectivity index (χ1n) is 20.9. The molecule has 10 rings (SSSR count). The number of likely N-dealkylation sites (tertiary alicyclic amines) is 1. The molecule has 1 aliphatic carbocycles. The molecule has 1 saturated carbocycles. The van der Waals surface area contributed by atoms with Crippen molar-refractivity contribution in [3.8, 4) is 17.1 Å². The van der Waals surface area contributed by atoms with Gasteiger partial charge in [-0.2, -0.15) is 5.10 Å². The lowest BCUT2D eigenvalue weighted by Crippen LogP contribution is -2.54. The lowest BCUT2D eigenvalue weighted by molar-refractivity contribution is -0.136. The van der Waals surface area contributed by atoms with Crippen molar-refractivity contribution in [1.29, 1.82) is 0 Å². The predicted octanol–water partition coefficient (Wildman–Crippen LogP) is 4.33. The number of imide groups is 2. The molecule has 302 valence electrons. The fourth-order valence-corrected chi connectivity index (χ4v) is 9.43. The zero-order valence-electron chi connectivity index (χ0n) is 32.8. The average Bonchev–Trinajstić information content (AvgIpc) is 3.49. The normalized spacial score (nSPS) is 24.2. The fourth-order valence-electron chi connectivity index (χ4n) is 9.43. The van der Waals surface area contributed by atoms with E-state index in [1.54, 1.807) is 18.5 Å². The number of amides is 4. The molecule has 58 heavy (non-hydrogen) atoms. The number of hydrogen-bond donors (Lipinski definition) is 2. The SMILES string of the molecule is CC1(Oc2ccc3[nH]nc(-c4cc(N5CCC(CN6CC[C@H](OC7CCN(c8ccc9c(c8)C(=O)N(C8CCC(=O)NC8=O)C9=O)CC7)C6)CC5)ncn4)c3c2)CC1. The highest BCUT2D eigenvalue weighted by atomic mass is 16.5. The Balaban J connectivity index is 0.682. The molecule has 4 amide bonds.